The molecule has 4 heterocycles. The van der Waals surface area contributed by atoms with Gasteiger partial charge in [-0.1, -0.05) is 18.2 Å². The molecule has 0 amide bonds. The molecule has 0 radical (unpaired) electrons. The second-order valence-electron chi connectivity index (χ2n) is 7.20. The number of fused-ring (bicyclic) bond motifs is 2. The summed E-state index contributed by atoms with van der Waals surface area (Å²) in [6.45, 7) is -0.558. The number of nitrogens with one attached hydrogen (secondary N) is 2. The van der Waals surface area contributed by atoms with Crippen molar-refractivity contribution in [3.8, 4) is 5.88 Å². The predicted molar refractivity (Wildman–Crippen MR) is 110 cm³/mol. The summed E-state index contributed by atoms with van der Waals surface area (Å²) in [6.07, 6.45) is -5.30. The number of rotatable bonds is 4. The van der Waals surface area contributed by atoms with Crippen LogP contribution in [0.25, 0.3) is 22.1 Å². The molecule has 1 fully saturated rings. The standard InChI is InChI=1S/C18H18N8O6/c19-17-22-13-10(15(31)23-17)21-18(26(13)16-12(29)11(28)8(5-27)32-16)25-24-9-6-3-1-2-4-7(6)20-14(9)30/h1-4,8,11-12,16,20,27-30H,5H2,(H3,19,22,23,31). The molecule has 166 valence electrons. The molecule has 32 heavy (non-hydrogen) atoms. The van der Waals surface area contributed by atoms with Gasteiger partial charge in [0.1, 0.15) is 18.3 Å². The van der Waals surface area contributed by atoms with Crippen LogP contribution in [-0.4, -0.2) is 69.8 Å². The van der Waals surface area contributed by atoms with Crippen LogP contribution in [0.4, 0.5) is 17.6 Å². The van der Waals surface area contributed by atoms with Crippen molar-refractivity contribution in [1.29, 1.82) is 0 Å². The van der Waals surface area contributed by atoms with E-state index in [-0.39, 0.29) is 34.6 Å². The molecule has 1 aromatic carbocycles. The number of ether oxygens (including phenoxy) is 1. The highest BCUT2D eigenvalue weighted by atomic mass is 16.6. The Morgan fingerprint density at radius 2 is 1.94 bits per heavy atom. The van der Waals surface area contributed by atoms with Crippen molar-refractivity contribution < 1.29 is 25.2 Å². The Bertz CT molecular complexity index is 1410. The average Bonchev–Trinajstić information content (AvgIpc) is 3.38. The largest absolute Gasteiger partial charge is 0.493 e. The first-order valence-corrected chi connectivity index (χ1v) is 9.50. The fourth-order valence-corrected chi connectivity index (χ4v) is 3.70. The van der Waals surface area contributed by atoms with Crippen LogP contribution in [-0.2, 0) is 4.74 Å². The van der Waals surface area contributed by atoms with Crippen molar-refractivity contribution in [2.45, 2.75) is 24.5 Å². The second-order valence-corrected chi connectivity index (χ2v) is 7.20. The number of aromatic hydroxyl groups is 1. The van der Waals surface area contributed by atoms with Crippen molar-refractivity contribution in [2.24, 2.45) is 10.2 Å². The van der Waals surface area contributed by atoms with Gasteiger partial charge in [-0.3, -0.25) is 14.3 Å². The summed E-state index contributed by atoms with van der Waals surface area (Å²) < 4.78 is 6.71. The first kappa shape index (κ1) is 20.1. The molecule has 4 aromatic rings. The topological polar surface area (TPSA) is 220 Å². The first-order valence-electron chi connectivity index (χ1n) is 9.50. The number of hydrogen-bond acceptors (Lipinski definition) is 11. The molecular weight excluding hydrogens is 424 g/mol. The predicted octanol–water partition coefficient (Wildman–Crippen LogP) is -0.0844. The molecule has 1 aliphatic rings. The number of aromatic amines is 2. The lowest BCUT2D eigenvalue weighted by Gasteiger charge is -2.17. The Labute approximate surface area is 177 Å². The second kappa shape index (κ2) is 7.38. The summed E-state index contributed by atoms with van der Waals surface area (Å²) in [7, 11) is 0. The molecule has 4 atom stereocenters. The number of para-hydroxylation sites is 1. The van der Waals surface area contributed by atoms with Crippen LogP contribution in [0.15, 0.2) is 39.3 Å². The molecule has 5 rings (SSSR count). The van der Waals surface area contributed by atoms with Crippen molar-refractivity contribution in [1.82, 2.24) is 24.5 Å². The zero-order valence-corrected chi connectivity index (χ0v) is 16.2. The molecule has 3 aromatic heterocycles. The maximum Gasteiger partial charge on any atom is 0.280 e. The van der Waals surface area contributed by atoms with E-state index in [0.29, 0.717) is 10.9 Å². The van der Waals surface area contributed by atoms with Crippen LogP contribution in [0.5, 0.6) is 5.88 Å². The van der Waals surface area contributed by atoms with Crippen LogP contribution in [0.3, 0.4) is 0 Å². The van der Waals surface area contributed by atoms with Crippen molar-refractivity contribution >= 4 is 39.7 Å². The third kappa shape index (κ3) is 3.01. The zero-order valence-electron chi connectivity index (χ0n) is 16.2. The maximum atomic E-state index is 12.3. The number of nitrogens with zero attached hydrogens (tertiary/aromatic N) is 5. The molecule has 1 aliphatic heterocycles. The lowest BCUT2D eigenvalue weighted by molar-refractivity contribution is -0.0503. The van der Waals surface area contributed by atoms with Gasteiger partial charge < -0.3 is 35.9 Å². The van der Waals surface area contributed by atoms with E-state index in [0.717, 1.165) is 4.57 Å². The van der Waals surface area contributed by atoms with Gasteiger partial charge in [0.05, 0.1) is 12.1 Å². The van der Waals surface area contributed by atoms with Gasteiger partial charge in [-0.05, 0) is 6.07 Å². The maximum absolute atomic E-state index is 12.3. The van der Waals surface area contributed by atoms with Gasteiger partial charge in [0.2, 0.25) is 11.8 Å². The number of imidazole rings is 1. The minimum atomic E-state index is -1.50. The number of aliphatic hydroxyl groups is 3. The van der Waals surface area contributed by atoms with Crippen LogP contribution >= 0.6 is 0 Å². The lowest BCUT2D eigenvalue weighted by Crippen LogP contribution is -2.33. The van der Waals surface area contributed by atoms with Crippen LogP contribution in [0.2, 0.25) is 0 Å². The van der Waals surface area contributed by atoms with E-state index in [1.807, 2.05) is 0 Å². The Kier molecular flexibility index (Phi) is 4.63. The van der Waals surface area contributed by atoms with Gasteiger partial charge in [-0.2, -0.15) is 4.98 Å². The molecular formula is C18H18N8O6. The molecule has 8 N–H and O–H groups in total. The summed E-state index contributed by atoms with van der Waals surface area (Å²) >= 11 is 0. The van der Waals surface area contributed by atoms with Crippen LogP contribution < -0.4 is 11.3 Å². The van der Waals surface area contributed by atoms with Gasteiger partial charge in [0, 0.05) is 5.39 Å². The van der Waals surface area contributed by atoms with E-state index in [4.69, 9.17) is 10.5 Å². The van der Waals surface area contributed by atoms with Gasteiger partial charge in [-0.25, -0.2) is 4.98 Å². The Morgan fingerprint density at radius 1 is 1.16 bits per heavy atom. The monoisotopic (exact) mass is 442 g/mol. The fourth-order valence-electron chi connectivity index (χ4n) is 3.70. The number of aliphatic hydroxyl groups excluding tert-OH is 3. The third-order valence-corrected chi connectivity index (χ3v) is 5.22. The number of anilines is 1. The number of nitrogens with two attached hydrogens (primary N) is 1. The first-order chi connectivity index (χ1) is 15.4. The number of nitrogen functional groups attached to an aromatic ring is 1. The minimum Gasteiger partial charge on any atom is -0.493 e. The molecule has 14 nitrogen and oxygen atoms in total. The summed E-state index contributed by atoms with van der Waals surface area (Å²) in [5.41, 5.74) is 5.52. The highest BCUT2D eigenvalue weighted by Gasteiger charge is 2.45. The molecule has 0 saturated carbocycles. The molecule has 0 spiro atoms. The third-order valence-electron chi connectivity index (χ3n) is 5.22. The van der Waals surface area contributed by atoms with Gasteiger partial charge in [-0.15, -0.1) is 10.2 Å². The van der Waals surface area contributed by atoms with Crippen molar-refractivity contribution in [2.75, 3.05) is 12.3 Å². The SMILES string of the molecule is Nc1nc2c(nc(N=Nc3c(O)[nH]c4ccccc34)n2C2OC(CO)C(O)C2O)c(=O)[nH]1. The average molecular weight is 442 g/mol. The van der Waals surface area contributed by atoms with Gasteiger partial charge in [0.25, 0.3) is 11.5 Å². The van der Waals surface area contributed by atoms with E-state index in [2.05, 4.69) is 30.2 Å². The number of azo groups is 1. The molecule has 0 aliphatic carbocycles. The van der Waals surface area contributed by atoms with Crippen molar-refractivity contribution in [3.05, 3.63) is 34.6 Å². The molecule has 14 heteroatoms. The Morgan fingerprint density at radius 3 is 2.69 bits per heavy atom. The van der Waals surface area contributed by atoms with E-state index >= 15 is 0 Å². The van der Waals surface area contributed by atoms with Gasteiger partial charge in [0.15, 0.2) is 23.1 Å². The summed E-state index contributed by atoms with van der Waals surface area (Å²) in [4.78, 5) is 25.6. The molecule has 4 unspecified atom stereocenters. The molecule has 1 saturated heterocycles. The highest BCUT2D eigenvalue weighted by molar-refractivity contribution is 5.94. The van der Waals surface area contributed by atoms with Crippen molar-refractivity contribution in [3.63, 3.8) is 0 Å². The normalized spacial score (nSPS) is 23.7. The molecule has 0 bridgehead atoms. The smallest absolute Gasteiger partial charge is 0.280 e. The highest BCUT2D eigenvalue weighted by Crippen LogP contribution is 2.38. The summed E-state index contributed by atoms with van der Waals surface area (Å²) in [5, 5.41) is 49.0. The Hall–Kier alpha value is -3.85. The summed E-state index contributed by atoms with van der Waals surface area (Å²) in [5.74, 6) is -0.651. The van der Waals surface area contributed by atoms with E-state index < -0.39 is 36.7 Å². The van der Waals surface area contributed by atoms with Crippen LogP contribution in [0, 0.1) is 0 Å². The minimum absolute atomic E-state index is 0.0711. The number of H-pyrrole nitrogens is 2. The zero-order chi connectivity index (χ0) is 22.6. The van der Waals surface area contributed by atoms with Gasteiger partial charge >= 0.3 is 0 Å². The van der Waals surface area contributed by atoms with Crippen LogP contribution in [0.1, 0.15) is 6.23 Å². The van der Waals surface area contributed by atoms with E-state index in [1.165, 1.54) is 0 Å². The number of benzene rings is 1. The van der Waals surface area contributed by atoms with E-state index in [1.54, 1.807) is 24.3 Å². The lowest BCUT2D eigenvalue weighted by atomic mass is 10.1. The Balaban J connectivity index is 1.68. The fraction of sp³-hybridized carbons (Fsp3) is 0.278. The summed E-state index contributed by atoms with van der Waals surface area (Å²) in [6, 6.07) is 7.01. The number of aromatic nitrogens is 5. The number of hydrogen-bond donors (Lipinski definition) is 7. The quantitative estimate of drug-likeness (QED) is 0.210. The van der Waals surface area contributed by atoms with E-state index in [9.17, 15) is 25.2 Å².